The van der Waals surface area contributed by atoms with Crippen LogP contribution in [0.25, 0.3) is 10.8 Å². The van der Waals surface area contributed by atoms with E-state index in [1.54, 1.807) is 12.1 Å². The summed E-state index contributed by atoms with van der Waals surface area (Å²) in [6, 6.07) is 17.4. The highest BCUT2D eigenvalue weighted by atomic mass is 16.3. The largest absolute Gasteiger partial charge is 0.506 e. The molecule has 23 heavy (non-hydrogen) atoms. The van der Waals surface area contributed by atoms with Gasteiger partial charge in [-0.15, -0.1) is 0 Å². The molecule has 0 radical (unpaired) electrons. The van der Waals surface area contributed by atoms with Crippen molar-refractivity contribution in [2.75, 3.05) is 6.54 Å². The van der Waals surface area contributed by atoms with Gasteiger partial charge in [-0.25, -0.2) is 0 Å². The lowest BCUT2D eigenvalue weighted by Crippen LogP contribution is -2.21. The van der Waals surface area contributed by atoms with Crippen molar-refractivity contribution in [3.05, 3.63) is 71.5 Å². The number of pyridine rings is 1. The number of nitrogens with zero attached hydrogens (tertiary/aromatic N) is 1. The Labute approximate surface area is 135 Å². The fraction of sp³-hybridized carbons (Fsp3) is 0.211. The summed E-state index contributed by atoms with van der Waals surface area (Å²) in [4.78, 5) is 4.29. The highest BCUT2D eigenvalue weighted by Gasteiger charge is 2.09. The summed E-state index contributed by atoms with van der Waals surface area (Å²) in [5.74, 6) is 0.170. The van der Waals surface area contributed by atoms with Crippen LogP contribution in [0, 0.1) is 6.92 Å². The average molecular weight is 308 g/mol. The molecule has 1 atom stereocenters. The molecule has 0 saturated heterocycles. The number of aromatic hydroxyl groups is 1. The summed E-state index contributed by atoms with van der Waals surface area (Å²) in [6.07, 6.45) is -0.605. The van der Waals surface area contributed by atoms with E-state index in [0.29, 0.717) is 18.8 Å². The van der Waals surface area contributed by atoms with E-state index in [2.05, 4.69) is 16.4 Å². The van der Waals surface area contributed by atoms with Gasteiger partial charge in [0.2, 0.25) is 0 Å². The third-order valence-corrected chi connectivity index (χ3v) is 3.88. The molecule has 1 aromatic heterocycles. The molecule has 0 spiro atoms. The average Bonchev–Trinajstić information content (AvgIpc) is 2.57. The first-order chi connectivity index (χ1) is 11.1. The van der Waals surface area contributed by atoms with E-state index < -0.39 is 6.10 Å². The fourth-order valence-corrected chi connectivity index (χ4v) is 2.59. The molecular weight excluding hydrogens is 288 g/mol. The number of aryl methyl sites for hydroxylation is 1. The van der Waals surface area contributed by atoms with Gasteiger partial charge in [0, 0.05) is 18.8 Å². The summed E-state index contributed by atoms with van der Waals surface area (Å²) in [5.41, 5.74) is 2.32. The highest BCUT2D eigenvalue weighted by Crippen LogP contribution is 2.20. The number of aliphatic hydroxyl groups excluding tert-OH is 1. The Morgan fingerprint density at radius 1 is 1.04 bits per heavy atom. The minimum atomic E-state index is -0.605. The van der Waals surface area contributed by atoms with Gasteiger partial charge in [-0.3, -0.25) is 4.98 Å². The van der Waals surface area contributed by atoms with Gasteiger partial charge in [0.25, 0.3) is 0 Å². The fourth-order valence-electron chi connectivity index (χ4n) is 2.59. The second-order valence-corrected chi connectivity index (χ2v) is 5.67. The van der Waals surface area contributed by atoms with Crippen LogP contribution in [0.4, 0.5) is 0 Å². The molecule has 3 rings (SSSR count). The molecule has 0 aliphatic heterocycles. The maximum absolute atomic E-state index is 10.3. The molecular formula is C19H20N2O2. The first kappa shape index (κ1) is 15.5. The summed E-state index contributed by atoms with van der Waals surface area (Å²) in [6.45, 7) is 2.69. The Morgan fingerprint density at radius 3 is 2.65 bits per heavy atom. The van der Waals surface area contributed by atoms with Gasteiger partial charge in [-0.1, -0.05) is 36.4 Å². The van der Waals surface area contributed by atoms with Crippen LogP contribution >= 0.6 is 0 Å². The van der Waals surface area contributed by atoms with Crippen molar-refractivity contribution >= 4 is 10.8 Å². The van der Waals surface area contributed by atoms with E-state index >= 15 is 0 Å². The summed E-state index contributed by atoms with van der Waals surface area (Å²) < 4.78 is 0. The van der Waals surface area contributed by atoms with Gasteiger partial charge in [0.1, 0.15) is 5.75 Å². The molecule has 0 fully saturated rings. The lowest BCUT2D eigenvalue weighted by Gasteiger charge is -2.13. The monoisotopic (exact) mass is 308 g/mol. The van der Waals surface area contributed by atoms with Gasteiger partial charge < -0.3 is 15.5 Å². The molecule has 1 heterocycles. The van der Waals surface area contributed by atoms with E-state index in [1.165, 1.54) is 0 Å². The quantitative estimate of drug-likeness (QED) is 0.678. The molecule has 3 aromatic rings. The molecule has 118 valence electrons. The minimum absolute atomic E-state index is 0.170. The Hall–Kier alpha value is -2.43. The molecule has 0 amide bonds. The zero-order valence-electron chi connectivity index (χ0n) is 13.0. The minimum Gasteiger partial charge on any atom is -0.506 e. The van der Waals surface area contributed by atoms with E-state index in [-0.39, 0.29) is 5.75 Å². The first-order valence-corrected chi connectivity index (χ1v) is 7.66. The predicted octanol–water partition coefficient (Wildman–Crippen LogP) is 3.07. The van der Waals surface area contributed by atoms with Gasteiger partial charge in [-0.05, 0) is 41.5 Å². The number of nitrogens with one attached hydrogen (secondary N) is 1. The number of fused-ring (bicyclic) bond motifs is 1. The molecule has 0 bridgehead atoms. The number of benzene rings is 2. The lowest BCUT2D eigenvalue weighted by atomic mass is 10.0. The Bertz CT molecular complexity index is 817. The third-order valence-electron chi connectivity index (χ3n) is 3.88. The molecule has 0 aliphatic carbocycles. The first-order valence-electron chi connectivity index (χ1n) is 7.66. The summed E-state index contributed by atoms with van der Waals surface area (Å²) >= 11 is 0. The smallest absolute Gasteiger partial charge is 0.138 e. The maximum Gasteiger partial charge on any atom is 0.138 e. The van der Waals surface area contributed by atoms with Crippen molar-refractivity contribution in [1.29, 1.82) is 0 Å². The van der Waals surface area contributed by atoms with Gasteiger partial charge in [0.05, 0.1) is 11.8 Å². The second-order valence-electron chi connectivity index (χ2n) is 5.67. The molecule has 0 aliphatic rings. The van der Waals surface area contributed by atoms with Crippen LogP contribution in [-0.4, -0.2) is 21.7 Å². The normalized spacial score (nSPS) is 12.4. The molecule has 4 heteroatoms. The summed E-state index contributed by atoms with van der Waals surface area (Å²) in [7, 11) is 0. The van der Waals surface area contributed by atoms with Crippen LogP contribution in [0.3, 0.4) is 0 Å². The molecule has 4 nitrogen and oxygen atoms in total. The molecule has 2 aromatic carbocycles. The maximum atomic E-state index is 10.3. The van der Waals surface area contributed by atoms with Crippen LogP contribution in [-0.2, 0) is 6.54 Å². The number of hydrogen-bond donors (Lipinski definition) is 3. The van der Waals surface area contributed by atoms with Crippen LogP contribution in [0.5, 0.6) is 5.75 Å². The van der Waals surface area contributed by atoms with Crippen LogP contribution in [0.15, 0.2) is 54.6 Å². The van der Waals surface area contributed by atoms with Crippen molar-refractivity contribution in [3.8, 4) is 5.75 Å². The third kappa shape index (κ3) is 3.67. The zero-order chi connectivity index (χ0) is 16.2. The van der Waals surface area contributed by atoms with E-state index in [4.69, 9.17) is 0 Å². The van der Waals surface area contributed by atoms with E-state index in [9.17, 15) is 10.2 Å². The Morgan fingerprint density at radius 2 is 1.83 bits per heavy atom. The number of rotatable bonds is 5. The second kappa shape index (κ2) is 6.77. The van der Waals surface area contributed by atoms with Gasteiger partial charge >= 0.3 is 0 Å². The Kier molecular flexibility index (Phi) is 4.55. The molecule has 0 saturated carbocycles. The van der Waals surface area contributed by atoms with Crippen LogP contribution in [0.1, 0.15) is 23.1 Å². The van der Waals surface area contributed by atoms with Crippen molar-refractivity contribution in [2.24, 2.45) is 0 Å². The van der Waals surface area contributed by atoms with Crippen LogP contribution in [0.2, 0.25) is 0 Å². The zero-order valence-corrected chi connectivity index (χ0v) is 13.0. The summed E-state index contributed by atoms with van der Waals surface area (Å²) in [5, 5.41) is 25.5. The Balaban J connectivity index is 1.64. The van der Waals surface area contributed by atoms with Crippen molar-refractivity contribution < 1.29 is 10.2 Å². The standard InChI is InChI=1S/C19H20N2O2/c1-13-6-9-18(22)17(21-13)11-20-12-19(23)16-8-7-14-4-2-3-5-15(14)10-16/h2-10,19-20,22-23H,11-12H2,1H3. The molecule has 3 N–H and O–H groups in total. The lowest BCUT2D eigenvalue weighted by molar-refractivity contribution is 0.174. The molecule has 1 unspecified atom stereocenters. The van der Waals surface area contributed by atoms with Gasteiger partial charge in [0.15, 0.2) is 0 Å². The van der Waals surface area contributed by atoms with Crippen molar-refractivity contribution in [1.82, 2.24) is 10.3 Å². The predicted molar refractivity (Wildman–Crippen MR) is 91.3 cm³/mol. The number of aromatic nitrogens is 1. The van der Waals surface area contributed by atoms with E-state index in [0.717, 1.165) is 22.0 Å². The van der Waals surface area contributed by atoms with E-state index in [1.807, 2.05) is 43.3 Å². The van der Waals surface area contributed by atoms with Crippen LogP contribution < -0.4 is 5.32 Å². The van der Waals surface area contributed by atoms with Gasteiger partial charge in [-0.2, -0.15) is 0 Å². The SMILES string of the molecule is Cc1ccc(O)c(CNCC(O)c2ccc3ccccc3c2)n1. The van der Waals surface area contributed by atoms with Crippen molar-refractivity contribution in [2.45, 2.75) is 19.6 Å². The van der Waals surface area contributed by atoms with Crippen molar-refractivity contribution in [3.63, 3.8) is 0 Å². The topological polar surface area (TPSA) is 65.4 Å². The number of hydrogen-bond acceptors (Lipinski definition) is 4. The highest BCUT2D eigenvalue weighted by molar-refractivity contribution is 5.83. The number of aliphatic hydroxyl groups is 1.